The van der Waals surface area contributed by atoms with E-state index in [1.807, 2.05) is 36.4 Å². The van der Waals surface area contributed by atoms with Gasteiger partial charge in [-0.2, -0.15) is 0 Å². The monoisotopic (exact) mass is 409 g/mol. The van der Waals surface area contributed by atoms with Crippen molar-refractivity contribution in [3.05, 3.63) is 60.3 Å². The summed E-state index contributed by atoms with van der Waals surface area (Å²) in [5.74, 6) is 1.71. The number of hydrogen-bond donors (Lipinski definition) is 1. The Labute approximate surface area is 178 Å². The molecule has 0 atom stereocenters. The standard InChI is InChI=1S/C14H22O2.C10H9N3O/c1-3-5-6-7-11-16-14-12(4-2)9-8-10-13(14)15;1-14-10-5-3-2-4-8(10)9-6-7-11-13-12-9/h8-10,15H,3-7,11H2,1-2H3;2-7H,1H3. The molecule has 30 heavy (non-hydrogen) atoms. The van der Waals surface area contributed by atoms with Gasteiger partial charge in [-0.15, -0.1) is 10.2 Å². The molecule has 2 aromatic carbocycles. The van der Waals surface area contributed by atoms with Gasteiger partial charge in [-0.3, -0.25) is 0 Å². The lowest BCUT2D eigenvalue weighted by atomic mass is 10.1. The number of para-hydroxylation sites is 2. The molecule has 160 valence electrons. The number of methoxy groups -OCH3 is 1. The number of aromatic nitrogens is 3. The van der Waals surface area contributed by atoms with E-state index in [0.717, 1.165) is 35.4 Å². The first-order valence-corrected chi connectivity index (χ1v) is 10.4. The summed E-state index contributed by atoms with van der Waals surface area (Å²) < 4.78 is 10.9. The van der Waals surface area contributed by atoms with Crippen molar-refractivity contribution in [3.63, 3.8) is 0 Å². The minimum absolute atomic E-state index is 0.259. The number of phenolic OH excluding ortho intramolecular Hbond substituents is 1. The van der Waals surface area contributed by atoms with E-state index in [1.54, 1.807) is 25.4 Å². The van der Waals surface area contributed by atoms with E-state index < -0.39 is 0 Å². The van der Waals surface area contributed by atoms with Crippen molar-refractivity contribution in [2.24, 2.45) is 0 Å². The molecule has 1 aromatic heterocycles. The Kier molecular flexibility index (Phi) is 10.1. The predicted molar refractivity (Wildman–Crippen MR) is 119 cm³/mol. The van der Waals surface area contributed by atoms with Crippen molar-refractivity contribution >= 4 is 0 Å². The van der Waals surface area contributed by atoms with Crippen molar-refractivity contribution in [1.29, 1.82) is 0 Å². The molecule has 0 aliphatic carbocycles. The van der Waals surface area contributed by atoms with Gasteiger partial charge in [0.15, 0.2) is 11.5 Å². The molecule has 6 heteroatoms. The molecule has 0 fully saturated rings. The van der Waals surface area contributed by atoms with E-state index in [4.69, 9.17) is 9.47 Å². The molecule has 0 radical (unpaired) electrons. The Balaban J connectivity index is 0.000000215. The van der Waals surface area contributed by atoms with Crippen molar-refractivity contribution in [1.82, 2.24) is 15.4 Å². The summed E-state index contributed by atoms with van der Waals surface area (Å²) in [6, 6.07) is 15.0. The van der Waals surface area contributed by atoms with Crippen LogP contribution in [-0.4, -0.2) is 34.2 Å². The normalized spacial score (nSPS) is 10.1. The summed E-state index contributed by atoms with van der Waals surface area (Å²) in [7, 11) is 1.63. The van der Waals surface area contributed by atoms with Crippen molar-refractivity contribution in [2.75, 3.05) is 13.7 Å². The van der Waals surface area contributed by atoms with E-state index in [1.165, 1.54) is 19.3 Å². The number of rotatable bonds is 9. The number of benzene rings is 2. The van der Waals surface area contributed by atoms with Crippen LogP contribution in [0.25, 0.3) is 11.3 Å². The average Bonchev–Trinajstić information content (AvgIpc) is 2.80. The number of aromatic hydroxyl groups is 1. The van der Waals surface area contributed by atoms with E-state index >= 15 is 0 Å². The molecule has 1 heterocycles. The Morgan fingerprint density at radius 3 is 2.47 bits per heavy atom. The molecule has 0 amide bonds. The zero-order valence-corrected chi connectivity index (χ0v) is 18.0. The summed E-state index contributed by atoms with van der Waals surface area (Å²) in [6.45, 7) is 4.96. The van der Waals surface area contributed by atoms with E-state index in [0.29, 0.717) is 12.4 Å². The van der Waals surface area contributed by atoms with Crippen LogP contribution in [0.5, 0.6) is 17.2 Å². The molecule has 0 saturated carbocycles. The van der Waals surface area contributed by atoms with Crippen molar-refractivity contribution < 1.29 is 14.6 Å². The van der Waals surface area contributed by atoms with Gasteiger partial charge in [-0.25, -0.2) is 0 Å². The van der Waals surface area contributed by atoms with Crippen LogP contribution in [-0.2, 0) is 6.42 Å². The second-order valence-electron chi connectivity index (χ2n) is 6.73. The van der Waals surface area contributed by atoms with Crippen LogP contribution in [0.1, 0.15) is 45.1 Å². The molecule has 0 bridgehead atoms. The summed E-state index contributed by atoms with van der Waals surface area (Å²) >= 11 is 0. The summed E-state index contributed by atoms with van der Waals surface area (Å²) in [5.41, 5.74) is 2.76. The summed E-state index contributed by atoms with van der Waals surface area (Å²) in [5, 5.41) is 20.8. The number of ether oxygens (including phenoxy) is 2. The fraction of sp³-hybridized carbons (Fsp3) is 0.375. The number of hydrogen-bond acceptors (Lipinski definition) is 6. The molecule has 3 rings (SSSR count). The van der Waals surface area contributed by atoms with Crippen LogP contribution in [0.4, 0.5) is 0 Å². The second-order valence-corrected chi connectivity index (χ2v) is 6.73. The van der Waals surface area contributed by atoms with E-state index in [-0.39, 0.29) is 5.75 Å². The number of nitrogens with zero attached hydrogens (tertiary/aromatic N) is 3. The third-order valence-corrected chi connectivity index (χ3v) is 4.59. The predicted octanol–water partition coefficient (Wildman–Crippen LogP) is 5.46. The molecular formula is C24H31N3O3. The van der Waals surface area contributed by atoms with E-state index in [2.05, 4.69) is 29.3 Å². The van der Waals surface area contributed by atoms with Gasteiger partial charge in [0.05, 0.1) is 19.9 Å². The number of phenols is 1. The Bertz CT molecular complexity index is 873. The molecule has 6 nitrogen and oxygen atoms in total. The second kappa shape index (κ2) is 13.1. The Hall–Kier alpha value is -3.15. The smallest absolute Gasteiger partial charge is 0.164 e. The molecule has 0 aliphatic heterocycles. The molecule has 0 unspecified atom stereocenters. The maximum atomic E-state index is 9.70. The highest BCUT2D eigenvalue weighted by molar-refractivity contribution is 5.66. The fourth-order valence-corrected chi connectivity index (χ4v) is 2.96. The van der Waals surface area contributed by atoms with Gasteiger partial charge >= 0.3 is 0 Å². The first kappa shape index (κ1) is 23.1. The van der Waals surface area contributed by atoms with Crippen LogP contribution in [0.3, 0.4) is 0 Å². The van der Waals surface area contributed by atoms with Crippen LogP contribution in [0.15, 0.2) is 54.7 Å². The lowest BCUT2D eigenvalue weighted by Crippen LogP contribution is -2.00. The van der Waals surface area contributed by atoms with Crippen LogP contribution < -0.4 is 9.47 Å². The van der Waals surface area contributed by atoms with Crippen LogP contribution >= 0.6 is 0 Å². The van der Waals surface area contributed by atoms with Gasteiger partial charge in [0.1, 0.15) is 11.4 Å². The minimum atomic E-state index is 0.259. The zero-order valence-electron chi connectivity index (χ0n) is 18.0. The molecule has 1 N–H and O–H groups in total. The minimum Gasteiger partial charge on any atom is -0.504 e. The molecule has 0 aliphatic rings. The molecule has 0 saturated heterocycles. The van der Waals surface area contributed by atoms with Gasteiger partial charge in [0.25, 0.3) is 0 Å². The highest BCUT2D eigenvalue weighted by atomic mass is 16.5. The first-order chi connectivity index (χ1) is 14.7. The maximum Gasteiger partial charge on any atom is 0.164 e. The molecule has 0 spiro atoms. The van der Waals surface area contributed by atoms with Gasteiger partial charge in [0, 0.05) is 5.56 Å². The largest absolute Gasteiger partial charge is 0.504 e. The third kappa shape index (κ3) is 7.03. The lowest BCUT2D eigenvalue weighted by Gasteiger charge is -2.11. The Morgan fingerprint density at radius 1 is 0.933 bits per heavy atom. The van der Waals surface area contributed by atoms with Gasteiger partial charge in [0.2, 0.25) is 0 Å². The Morgan fingerprint density at radius 2 is 1.77 bits per heavy atom. The maximum absolute atomic E-state index is 9.70. The average molecular weight is 410 g/mol. The quantitative estimate of drug-likeness (QED) is 0.473. The first-order valence-electron chi connectivity index (χ1n) is 10.4. The van der Waals surface area contributed by atoms with E-state index in [9.17, 15) is 5.11 Å². The SMILES string of the molecule is CCCCCCOc1c(O)cccc1CC.COc1ccccc1-c1ccnnn1. The third-order valence-electron chi connectivity index (χ3n) is 4.59. The number of unbranched alkanes of at least 4 members (excludes halogenated alkanes) is 3. The highest BCUT2D eigenvalue weighted by Gasteiger charge is 2.07. The topological polar surface area (TPSA) is 77.4 Å². The highest BCUT2D eigenvalue weighted by Crippen LogP contribution is 2.30. The molecular weight excluding hydrogens is 378 g/mol. The lowest BCUT2D eigenvalue weighted by molar-refractivity contribution is 0.286. The molecule has 3 aromatic rings. The van der Waals surface area contributed by atoms with Gasteiger partial charge in [-0.1, -0.05) is 57.4 Å². The van der Waals surface area contributed by atoms with Crippen LogP contribution in [0.2, 0.25) is 0 Å². The van der Waals surface area contributed by atoms with Crippen molar-refractivity contribution in [3.8, 4) is 28.5 Å². The zero-order chi connectivity index (χ0) is 21.6. The van der Waals surface area contributed by atoms with Crippen molar-refractivity contribution in [2.45, 2.75) is 46.0 Å². The van der Waals surface area contributed by atoms with Gasteiger partial charge < -0.3 is 14.6 Å². The summed E-state index contributed by atoms with van der Waals surface area (Å²) in [4.78, 5) is 0. The number of aryl methyl sites for hydroxylation is 1. The van der Waals surface area contributed by atoms with Crippen LogP contribution in [0, 0.1) is 0 Å². The van der Waals surface area contributed by atoms with Gasteiger partial charge in [-0.05, 0) is 47.9 Å². The summed E-state index contributed by atoms with van der Waals surface area (Å²) in [6.07, 6.45) is 7.24. The fourth-order valence-electron chi connectivity index (χ4n) is 2.96.